The lowest BCUT2D eigenvalue weighted by atomic mass is 10.0. The molecule has 0 aromatic heterocycles. The number of rotatable bonds is 5. The Morgan fingerprint density at radius 2 is 2.07 bits per heavy atom. The van der Waals surface area contributed by atoms with Crippen molar-refractivity contribution in [2.24, 2.45) is 5.92 Å². The number of hydrogen-bond donors (Lipinski definition) is 1. The highest BCUT2D eigenvalue weighted by Crippen LogP contribution is 2.08. The van der Waals surface area contributed by atoms with Crippen LogP contribution in [0.3, 0.4) is 0 Å². The van der Waals surface area contributed by atoms with Crippen molar-refractivity contribution in [2.75, 3.05) is 6.54 Å². The highest BCUT2D eigenvalue weighted by molar-refractivity contribution is 5.67. The lowest BCUT2D eigenvalue weighted by Crippen LogP contribution is -2.35. The number of carbonyl (C=O) groups is 2. The molecule has 0 radical (unpaired) electrons. The zero-order valence-corrected chi connectivity index (χ0v) is 10.0. The summed E-state index contributed by atoms with van der Waals surface area (Å²) in [4.78, 5) is 21.6. The Morgan fingerprint density at radius 3 is 2.47 bits per heavy atom. The minimum absolute atomic E-state index is 0.204. The van der Waals surface area contributed by atoms with Crippen molar-refractivity contribution < 1.29 is 14.3 Å². The molecule has 0 rings (SSSR count). The van der Waals surface area contributed by atoms with Gasteiger partial charge in [-0.25, -0.2) is 4.79 Å². The molecule has 0 saturated heterocycles. The summed E-state index contributed by atoms with van der Waals surface area (Å²) < 4.78 is 5.07. The van der Waals surface area contributed by atoms with Gasteiger partial charge in [0.05, 0.1) is 0 Å². The van der Waals surface area contributed by atoms with Crippen molar-refractivity contribution in [1.29, 1.82) is 0 Å². The quantitative estimate of drug-likeness (QED) is 0.715. The maximum absolute atomic E-state index is 11.3. The Kier molecular flexibility index (Phi) is 5.97. The normalized spacial score (nSPS) is 13.1. The monoisotopic (exact) mass is 215 g/mol. The molecule has 0 aliphatic carbocycles. The van der Waals surface area contributed by atoms with Gasteiger partial charge in [-0.1, -0.05) is 13.3 Å². The van der Waals surface area contributed by atoms with Gasteiger partial charge in [-0.15, -0.1) is 0 Å². The van der Waals surface area contributed by atoms with Crippen molar-refractivity contribution in [3.05, 3.63) is 0 Å². The lowest BCUT2D eigenvalue weighted by Gasteiger charge is -2.20. The van der Waals surface area contributed by atoms with Crippen LogP contribution in [0.15, 0.2) is 0 Å². The third kappa shape index (κ3) is 7.97. The summed E-state index contributed by atoms with van der Waals surface area (Å²) >= 11 is 0. The first kappa shape index (κ1) is 13.9. The van der Waals surface area contributed by atoms with Crippen molar-refractivity contribution in [1.82, 2.24) is 5.32 Å². The van der Waals surface area contributed by atoms with E-state index in [1.807, 2.05) is 27.7 Å². The minimum atomic E-state index is -0.476. The summed E-state index contributed by atoms with van der Waals surface area (Å²) in [6.45, 7) is 7.93. The van der Waals surface area contributed by atoms with Crippen LogP contribution in [0.4, 0.5) is 4.79 Å². The molecule has 0 heterocycles. The molecule has 0 aliphatic heterocycles. The zero-order chi connectivity index (χ0) is 11.9. The van der Waals surface area contributed by atoms with Crippen LogP contribution in [0.25, 0.3) is 0 Å². The fourth-order valence-electron chi connectivity index (χ4n) is 1.07. The molecular weight excluding hydrogens is 194 g/mol. The molecule has 0 bridgehead atoms. The van der Waals surface area contributed by atoms with E-state index in [9.17, 15) is 9.59 Å². The molecule has 4 nitrogen and oxygen atoms in total. The fraction of sp³-hybridized carbons (Fsp3) is 0.818. The number of ether oxygens (including phenoxy) is 1. The first-order chi connectivity index (χ1) is 6.89. The van der Waals surface area contributed by atoms with Gasteiger partial charge >= 0.3 is 6.09 Å². The van der Waals surface area contributed by atoms with Gasteiger partial charge in [-0.2, -0.15) is 0 Å². The Labute approximate surface area is 91.4 Å². The van der Waals surface area contributed by atoms with Crippen LogP contribution < -0.4 is 5.32 Å². The molecule has 0 spiro atoms. The van der Waals surface area contributed by atoms with E-state index in [0.717, 1.165) is 12.7 Å². The minimum Gasteiger partial charge on any atom is -0.444 e. The summed E-state index contributed by atoms with van der Waals surface area (Å²) in [6, 6.07) is 0. The summed E-state index contributed by atoms with van der Waals surface area (Å²) in [5, 5.41) is 2.65. The van der Waals surface area contributed by atoms with Crippen molar-refractivity contribution in [3.63, 3.8) is 0 Å². The topological polar surface area (TPSA) is 55.4 Å². The summed E-state index contributed by atoms with van der Waals surface area (Å²) in [6.07, 6.45) is 1.80. The van der Waals surface area contributed by atoms with Crippen LogP contribution >= 0.6 is 0 Å². The molecule has 1 amide bonds. The second-order valence-corrected chi connectivity index (χ2v) is 4.56. The second kappa shape index (κ2) is 6.43. The number of aldehydes is 1. The number of amides is 1. The molecule has 15 heavy (non-hydrogen) atoms. The van der Waals surface area contributed by atoms with Crippen LogP contribution in [0.5, 0.6) is 0 Å². The molecule has 1 N–H and O–H groups in total. The predicted molar refractivity (Wildman–Crippen MR) is 58.7 cm³/mol. The molecule has 1 unspecified atom stereocenters. The molecule has 0 aliphatic rings. The van der Waals surface area contributed by atoms with Crippen LogP contribution in [0.1, 0.15) is 40.5 Å². The largest absolute Gasteiger partial charge is 0.444 e. The highest BCUT2D eigenvalue weighted by Gasteiger charge is 2.16. The van der Waals surface area contributed by atoms with Gasteiger partial charge in [0.2, 0.25) is 0 Å². The van der Waals surface area contributed by atoms with Crippen molar-refractivity contribution >= 4 is 12.4 Å². The van der Waals surface area contributed by atoms with Crippen LogP contribution in [-0.2, 0) is 9.53 Å². The third-order valence-electron chi connectivity index (χ3n) is 1.94. The standard InChI is InChI=1S/C11H21NO3/c1-5-9(6-7-13)8-12-10(14)15-11(2,3)4/h7,9H,5-6,8H2,1-4H3,(H,12,14). The van der Waals surface area contributed by atoms with E-state index in [-0.39, 0.29) is 5.92 Å². The molecule has 88 valence electrons. The first-order valence-corrected chi connectivity index (χ1v) is 5.29. The summed E-state index contributed by atoms with van der Waals surface area (Å²) in [5.74, 6) is 0.204. The molecule has 0 aromatic rings. The van der Waals surface area contributed by atoms with Crippen LogP contribution in [0.2, 0.25) is 0 Å². The zero-order valence-electron chi connectivity index (χ0n) is 10.0. The van der Waals surface area contributed by atoms with Gasteiger partial charge in [0.25, 0.3) is 0 Å². The Balaban J connectivity index is 3.83. The van der Waals surface area contributed by atoms with Crippen molar-refractivity contribution in [2.45, 2.75) is 46.1 Å². The van der Waals surface area contributed by atoms with Gasteiger partial charge in [0.15, 0.2) is 0 Å². The van der Waals surface area contributed by atoms with E-state index in [2.05, 4.69) is 5.32 Å². The van der Waals surface area contributed by atoms with Crippen molar-refractivity contribution in [3.8, 4) is 0 Å². The maximum Gasteiger partial charge on any atom is 0.407 e. The van der Waals surface area contributed by atoms with Gasteiger partial charge < -0.3 is 14.8 Å². The van der Waals surface area contributed by atoms with Crippen LogP contribution in [0, 0.1) is 5.92 Å². The number of hydrogen-bond acceptors (Lipinski definition) is 3. The second-order valence-electron chi connectivity index (χ2n) is 4.56. The Hall–Kier alpha value is -1.06. The van der Waals surface area contributed by atoms with E-state index >= 15 is 0 Å². The fourth-order valence-corrected chi connectivity index (χ4v) is 1.07. The summed E-state index contributed by atoms with van der Waals surface area (Å²) in [5.41, 5.74) is -0.476. The average molecular weight is 215 g/mol. The molecule has 1 atom stereocenters. The number of nitrogens with one attached hydrogen (secondary N) is 1. The van der Waals surface area contributed by atoms with E-state index in [0.29, 0.717) is 13.0 Å². The van der Waals surface area contributed by atoms with Gasteiger partial charge in [-0.05, 0) is 26.7 Å². The Morgan fingerprint density at radius 1 is 1.47 bits per heavy atom. The third-order valence-corrected chi connectivity index (χ3v) is 1.94. The molecule has 4 heteroatoms. The van der Waals surface area contributed by atoms with E-state index in [1.165, 1.54) is 0 Å². The number of carbonyl (C=O) groups excluding carboxylic acids is 2. The predicted octanol–water partition coefficient (Wildman–Crippen LogP) is 2.13. The van der Waals surface area contributed by atoms with Gasteiger partial charge in [0.1, 0.15) is 11.9 Å². The van der Waals surface area contributed by atoms with E-state index < -0.39 is 11.7 Å². The number of alkyl carbamates (subject to hydrolysis) is 1. The molecule has 0 saturated carbocycles. The molecular formula is C11H21NO3. The first-order valence-electron chi connectivity index (χ1n) is 5.29. The average Bonchev–Trinajstić information content (AvgIpc) is 2.09. The highest BCUT2D eigenvalue weighted by atomic mass is 16.6. The Bertz CT molecular complexity index is 208. The van der Waals surface area contributed by atoms with Crippen LogP contribution in [-0.4, -0.2) is 24.5 Å². The lowest BCUT2D eigenvalue weighted by molar-refractivity contribution is -0.108. The molecule has 0 fully saturated rings. The van der Waals surface area contributed by atoms with E-state index in [4.69, 9.17) is 4.74 Å². The summed E-state index contributed by atoms with van der Waals surface area (Å²) in [7, 11) is 0. The van der Waals surface area contributed by atoms with E-state index in [1.54, 1.807) is 0 Å². The van der Waals surface area contributed by atoms with Gasteiger partial charge in [0, 0.05) is 13.0 Å². The smallest absolute Gasteiger partial charge is 0.407 e. The molecule has 0 aromatic carbocycles. The SMILES string of the molecule is CCC(CC=O)CNC(=O)OC(C)(C)C. The van der Waals surface area contributed by atoms with Gasteiger partial charge in [-0.3, -0.25) is 0 Å². The maximum atomic E-state index is 11.3.